The van der Waals surface area contributed by atoms with Crippen LogP contribution in [0.15, 0.2) is 42.5 Å². The second kappa shape index (κ2) is 12.1. The Labute approximate surface area is 240 Å². The Kier molecular flexibility index (Phi) is 8.89. The van der Waals surface area contributed by atoms with Crippen molar-refractivity contribution in [3.8, 4) is 0 Å². The van der Waals surface area contributed by atoms with Gasteiger partial charge in [-0.15, -0.1) is 0 Å². The molecule has 13 heteroatoms. The second-order valence-electron chi connectivity index (χ2n) is 11.2. The molecule has 4 atom stereocenters. The van der Waals surface area contributed by atoms with Crippen LogP contribution in [0, 0.1) is 11.6 Å². The molecule has 1 N–H and O–H groups in total. The van der Waals surface area contributed by atoms with Crippen molar-refractivity contribution in [3.05, 3.63) is 70.8 Å². The number of hydrogen-bond acceptors (Lipinski definition) is 7. The van der Waals surface area contributed by atoms with Crippen molar-refractivity contribution in [3.63, 3.8) is 0 Å². The summed E-state index contributed by atoms with van der Waals surface area (Å²) in [7, 11) is 0. The lowest BCUT2D eigenvalue weighted by molar-refractivity contribution is -0.188. The minimum atomic E-state index is -4.55. The summed E-state index contributed by atoms with van der Waals surface area (Å²) >= 11 is 0. The number of morpholine rings is 1. The molecule has 1 amide bonds. The average Bonchev–Trinajstić information content (AvgIpc) is 3.25. The average molecular weight is 601 g/mol. The van der Waals surface area contributed by atoms with Gasteiger partial charge in [-0.05, 0) is 37.6 Å². The fourth-order valence-corrected chi connectivity index (χ4v) is 5.52. The molecule has 230 valence electrons. The van der Waals surface area contributed by atoms with E-state index in [1.807, 2.05) is 0 Å². The normalized spacial score (nSPS) is 27.9. The molecule has 0 spiro atoms. The standard InChI is InChI=1S/C29H33F5N2O6/c1-27(2)41-24-15-28(26(37)35-36-8-10-38-11-9-36,40-16-18-4-3-5-20(12-18)29(32,33)34)14-23(25(24)42-27)39-17-19-6-7-21(30)13-22(19)31/h3-7,12-13,23-25H,8-11,14-17H2,1-2H3,(H,35,37)/t23-,24-,25+,28-/m1/s1. The number of carbonyl (C=O) groups is 1. The predicted octanol–water partition coefficient (Wildman–Crippen LogP) is 4.50. The van der Waals surface area contributed by atoms with E-state index >= 15 is 0 Å². The van der Waals surface area contributed by atoms with Gasteiger partial charge < -0.3 is 23.7 Å². The molecule has 0 radical (unpaired) electrons. The van der Waals surface area contributed by atoms with Gasteiger partial charge in [-0.25, -0.2) is 13.8 Å². The Balaban J connectivity index is 1.43. The predicted molar refractivity (Wildman–Crippen MR) is 137 cm³/mol. The molecule has 5 rings (SSSR count). The van der Waals surface area contributed by atoms with Gasteiger partial charge in [0.05, 0.1) is 44.2 Å². The zero-order valence-corrected chi connectivity index (χ0v) is 23.2. The summed E-state index contributed by atoms with van der Waals surface area (Å²) in [6.45, 7) is 4.53. The molecule has 3 aliphatic rings. The molecule has 8 nitrogen and oxygen atoms in total. The molecular weight excluding hydrogens is 567 g/mol. The summed E-state index contributed by atoms with van der Waals surface area (Å²) in [6.07, 6.45) is -6.76. The number of hydrazine groups is 1. The molecule has 0 aromatic heterocycles. The highest BCUT2D eigenvalue weighted by atomic mass is 19.4. The molecule has 1 aliphatic carbocycles. The van der Waals surface area contributed by atoms with Crippen LogP contribution in [0.1, 0.15) is 43.4 Å². The van der Waals surface area contributed by atoms with Crippen LogP contribution in [0.3, 0.4) is 0 Å². The Bertz CT molecular complexity index is 1270. The summed E-state index contributed by atoms with van der Waals surface area (Å²) in [5.74, 6) is -3.08. The van der Waals surface area contributed by atoms with Crippen molar-refractivity contribution in [1.29, 1.82) is 0 Å². The van der Waals surface area contributed by atoms with Crippen molar-refractivity contribution in [2.24, 2.45) is 0 Å². The second-order valence-corrected chi connectivity index (χ2v) is 11.2. The molecule has 2 heterocycles. The van der Waals surface area contributed by atoms with Gasteiger partial charge in [0.25, 0.3) is 5.91 Å². The van der Waals surface area contributed by atoms with Crippen LogP contribution in [0.4, 0.5) is 22.0 Å². The Morgan fingerprint density at radius 3 is 2.52 bits per heavy atom. The van der Waals surface area contributed by atoms with Crippen molar-refractivity contribution in [2.45, 2.75) is 75.8 Å². The van der Waals surface area contributed by atoms with Crippen molar-refractivity contribution >= 4 is 5.91 Å². The Hall–Kier alpha value is -2.68. The number of nitrogens with zero attached hydrogens (tertiary/aromatic N) is 1. The molecule has 42 heavy (non-hydrogen) atoms. The fourth-order valence-electron chi connectivity index (χ4n) is 5.52. The highest BCUT2D eigenvalue weighted by Gasteiger charge is 2.58. The van der Waals surface area contributed by atoms with Gasteiger partial charge in [0.2, 0.25) is 0 Å². The molecular formula is C29H33F5N2O6. The van der Waals surface area contributed by atoms with Crippen LogP contribution in [0.25, 0.3) is 0 Å². The first-order valence-corrected chi connectivity index (χ1v) is 13.7. The fraction of sp³-hybridized carbons (Fsp3) is 0.552. The first-order chi connectivity index (χ1) is 19.8. The number of rotatable bonds is 8. The van der Waals surface area contributed by atoms with E-state index in [2.05, 4.69) is 5.43 Å². The van der Waals surface area contributed by atoms with E-state index in [0.29, 0.717) is 26.3 Å². The van der Waals surface area contributed by atoms with Gasteiger partial charge in [-0.2, -0.15) is 13.2 Å². The van der Waals surface area contributed by atoms with Crippen molar-refractivity contribution in [2.75, 3.05) is 26.3 Å². The van der Waals surface area contributed by atoms with E-state index in [1.54, 1.807) is 18.9 Å². The lowest BCUT2D eigenvalue weighted by Gasteiger charge is -2.44. The lowest BCUT2D eigenvalue weighted by atomic mass is 9.78. The number of halogens is 5. The van der Waals surface area contributed by atoms with Crippen LogP contribution in [-0.2, 0) is 47.9 Å². The van der Waals surface area contributed by atoms with E-state index in [-0.39, 0.29) is 37.2 Å². The summed E-state index contributed by atoms with van der Waals surface area (Å²) in [5.41, 5.74) is 0.747. The van der Waals surface area contributed by atoms with Gasteiger partial charge in [0.15, 0.2) is 11.4 Å². The smallest absolute Gasteiger partial charge is 0.379 e. The molecule has 2 aliphatic heterocycles. The minimum absolute atomic E-state index is 0.0288. The summed E-state index contributed by atoms with van der Waals surface area (Å²) in [4.78, 5) is 13.9. The van der Waals surface area contributed by atoms with Crippen molar-refractivity contribution < 1.29 is 50.4 Å². The third-order valence-corrected chi connectivity index (χ3v) is 7.57. The van der Waals surface area contributed by atoms with Crippen LogP contribution < -0.4 is 5.43 Å². The third-order valence-electron chi connectivity index (χ3n) is 7.57. The molecule has 0 unspecified atom stereocenters. The monoisotopic (exact) mass is 600 g/mol. The maximum Gasteiger partial charge on any atom is 0.416 e. The van der Waals surface area contributed by atoms with Crippen LogP contribution >= 0.6 is 0 Å². The number of ether oxygens (including phenoxy) is 5. The number of amides is 1. The molecule has 3 fully saturated rings. The van der Waals surface area contributed by atoms with E-state index in [1.165, 1.54) is 18.2 Å². The van der Waals surface area contributed by atoms with Gasteiger partial charge >= 0.3 is 6.18 Å². The Morgan fingerprint density at radius 2 is 1.81 bits per heavy atom. The maximum atomic E-state index is 14.4. The van der Waals surface area contributed by atoms with Gasteiger partial charge in [0, 0.05) is 37.6 Å². The molecule has 0 bridgehead atoms. The number of fused-ring (bicyclic) bond motifs is 1. The summed E-state index contributed by atoms with van der Waals surface area (Å²) < 4.78 is 97.8. The summed E-state index contributed by atoms with van der Waals surface area (Å²) in [6, 6.07) is 7.82. The van der Waals surface area contributed by atoms with Gasteiger partial charge in [0.1, 0.15) is 17.7 Å². The number of nitrogens with one attached hydrogen (secondary N) is 1. The van der Waals surface area contributed by atoms with E-state index < -0.39 is 59.0 Å². The molecule has 2 saturated heterocycles. The van der Waals surface area contributed by atoms with E-state index in [4.69, 9.17) is 23.7 Å². The number of alkyl halides is 3. The first kappa shape index (κ1) is 30.8. The number of benzene rings is 2. The van der Waals surface area contributed by atoms with E-state index in [0.717, 1.165) is 24.3 Å². The largest absolute Gasteiger partial charge is 0.416 e. The molecule has 2 aromatic rings. The van der Waals surface area contributed by atoms with Crippen LogP contribution in [0.5, 0.6) is 0 Å². The maximum absolute atomic E-state index is 14.4. The van der Waals surface area contributed by atoms with Crippen LogP contribution in [-0.4, -0.2) is 66.9 Å². The van der Waals surface area contributed by atoms with Gasteiger partial charge in [-0.1, -0.05) is 18.2 Å². The third kappa shape index (κ3) is 7.09. The molecule has 1 saturated carbocycles. The molecule has 2 aromatic carbocycles. The van der Waals surface area contributed by atoms with Crippen LogP contribution in [0.2, 0.25) is 0 Å². The Morgan fingerprint density at radius 1 is 1.05 bits per heavy atom. The zero-order valence-electron chi connectivity index (χ0n) is 23.2. The first-order valence-electron chi connectivity index (χ1n) is 13.7. The van der Waals surface area contributed by atoms with E-state index in [9.17, 15) is 26.7 Å². The number of hydrogen-bond donors (Lipinski definition) is 1. The zero-order chi connectivity index (χ0) is 30.1. The topological polar surface area (TPSA) is 78.5 Å². The highest BCUT2D eigenvalue weighted by molar-refractivity contribution is 5.85. The summed E-state index contributed by atoms with van der Waals surface area (Å²) in [5, 5.41) is 1.69. The SMILES string of the molecule is CC1(C)O[C@H]2[C@H](OCc3ccc(F)cc3F)C[C@](OCc3cccc(C(F)(F)F)c3)(C(=O)NN3CCOCC3)C[C@H]2O1. The highest BCUT2D eigenvalue weighted by Crippen LogP contribution is 2.44. The van der Waals surface area contributed by atoms with Crippen molar-refractivity contribution in [1.82, 2.24) is 10.4 Å². The van der Waals surface area contributed by atoms with Gasteiger partial charge in [-0.3, -0.25) is 10.2 Å². The minimum Gasteiger partial charge on any atom is -0.379 e. The quantitative estimate of drug-likeness (QED) is 0.447. The lowest BCUT2D eigenvalue weighted by Crippen LogP contribution is -2.63. The number of carbonyl (C=O) groups excluding carboxylic acids is 1.